The molecule has 0 spiro atoms. The van der Waals surface area contributed by atoms with Crippen molar-refractivity contribution in [1.82, 2.24) is 14.5 Å². The zero-order chi connectivity index (χ0) is 18.5. The van der Waals surface area contributed by atoms with Crippen molar-refractivity contribution in [3.8, 4) is 0 Å². The van der Waals surface area contributed by atoms with E-state index in [9.17, 15) is 0 Å². The molecule has 146 valence electrons. The number of allylic oxidation sites excluding steroid dienone is 3. The van der Waals surface area contributed by atoms with Gasteiger partial charge in [0.05, 0.1) is 11.0 Å². The number of piperidine rings is 1. The molecule has 4 nitrogen and oxygen atoms in total. The largest absolute Gasteiger partial charge is 0.371 e. The van der Waals surface area contributed by atoms with Crippen molar-refractivity contribution in [2.75, 3.05) is 31.1 Å². The van der Waals surface area contributed by atoms with Crippen LogP contribution in [0.1, 0.15) is 31.5 Å². The Labute approximate surface area is 167 Å². The molecule has 3 heterocycles. The van der Waals surface area contributed by atoms with Gasteiger partial charge in [-0.05, 0) is 43.4 Å². The van der Waals surface area contributed by atoms with E-state index < -0.39 is 0 Å². The van der Waals surface area contributed by atoms with Crippen molar-refractivity contribution in [3.63, 3.8) is 0 Å². The normalized spacial score (nSPS) is 28.1. The monoisotopic (exact) mass is 374 g/mol. The van der Waals surface area contributed by atoms with Crippen LogP contribution in [-0.2, 0) is 13.0 Å². The second-order valence-electron chi connectivity index (χ2n) is 9.06. The van der Waals surface area contributed by atoms with E-state index in [0.29, 0.717) is 5.92 Å². The number of nitrogens with zero attached hydrogens (tertiary/aromatic N) is 4. The van der Waals surface area contributed by atoms with Crippen molar-refractivity contribution in [1.29, 1.82) is 0 Å². The lowest BCUT2D eigenvalue weighted by Crippen LogP contribution is -2.41. The Hall–Kier alpha value is -2.07. The summed E-state index contributed by atoms with van der Waals surface area (Å²) in [4.78, 5) is 10.3. The smallest absolute Gasteiger partial charge is 0.111 e. The molecule has 28 heavy (non-hydrogen) atoms. The van der Waals surface area contributed by atoms with Gasteiger partial charge in [-0.2, -0.15) is 0 Å². The zero-order valence-corrected chi connectivity index (χ0v) is 16.6. The highest BCUT2D eigenvalue weighted by Gasteiger charge is 2.29. The Morgan fingerprint density at radius 2 is 1.79 bits per heavy atom. The average Bonchev–Trinajstić information content (AvgIpc) is 2.92. The third-order valence-corrected chi connectivity index (χ3v) is 7.54. The summed E-state index contributed by atoms with van der Waals surface area (Å²) in [7, 11) is 0. The van der Waals surface area contributed by atoms with Crippen LogP contribution in [-0.4, -0.2) is 46.7 Å². The summed E-state index contributed by atoms with van der Waals surface area (Å²) in [6.07, 6.45) is 15.8. The fourth-order valence-corrected chi connectivity index (χ4v) is 5.60. The predicted molar refractivity (Wildman–Crippen MR) is 115 cm³/mol. The molecule has 2 unspecified atom stereocenters. The lowest BCUT2D eigenvalue weighted by Gasteiger charge is -2.38. The van der Waals surface area contributed by atoms with E-state index in [2.05, 4.69) is 56.9 Å². The summed E-state index contributed by atoms with van der Waals surface area (Å²) >= 11 is 0. The molecular formula is C24H30N4. The van der Waals surface area contributed by atoms with E-state index in [4.69, 9.17) is 4.98 Å². The molecule has 0 amide bonds. The van der Waals surface area contributed by atoms with Crippen LogP contribution in [0.3, 0.4) is 0 Å². The first-order valence-corrected chi connectivity index (χ1v) is 11.2. The lowest BCUT2D eigenvalue weighted by molar-refractivity contribution is 0.130. The maximum atomic E-state index is 5.07. The fraction of sp³-hybridized carbons (Fsp3) is 0.542. The van der Waals surface area contributed by atoms with Gasteiger partial charge in [-0.25, -0.2) is 4.98 Å². The Balaban J connectivity index is 1.24. The second-order valence-corrected chi connectivity index (χ2v) is 9.06. The minimum Gasteiger partial charge on any atom is -0.371 e. The second kappa shape index (κ2) is 6.77. The summed E-state index contributed by atoms with van der Waals surface area (Å²) < 4.78 is 2.48. The SMILES string of the molecule is C1=CC2CCN(c3ccc4c(c3)nc3n4CCN(C4CCC4)CC3)CC2C=C1. The minimum absolute atomic E-state index is 0.658. The number of hydrogen-bond acceptors (Lipinski definition) is 3. The molecule has 2 atom stereocenters. The molecule has 1 aromatic heterocycles. The van der Waals surface area contributed by atoms with Crippen LogP contribution in [0.2, 0.25) is 0 Å². The third kappa shape index (κ3) is 2.81. The molecule has 2 aliphatic carbocycles. The van der Waals surface area contributed by atoms with Crippen LogP contribution in [0, 0.1) is 11.8 Å². The highest BCUT2D eigenvalue weighted by atomic mass is 15.2. The topological polar surface area (TPSA) is 24.3 Å². The predicted octanol–water partition coefficient (Wildman–Crippen LogP) is 4.02. The molecule has 2 aromatic rings. The van der Waals surface area contributed by atoms with Gasteiger partial charge in [-0.1, -0.05) is 30.7 Å². The van der Waals surface area contributed by atoms with Crippen LogP contribution in [0.4, 0.5) is 5.69 Å². The maximum Gasteiger partial charge on any atom is 0.111 e. The lowest BCUT2D eigenvalue weighted by atomic mass is 9.82. The molecule has 4 heteroatoms. The summed E-state index contributed by atoms with van der Waals surface area (Å²) in [6, 6.07) is 7.83. The van der Waals surface area contributed by atoms with Gasteiger partial charge in [0.15, 0.2) is 0 Å². The summed E-state index contributed by atoms with van der Waals surface area (Å²) in [6.45, 7) is 5.72. The van der Waals surface area contributed by atoms with Gasteiger partial charge < -0.3 is 9.47 Å². The van der Waals surface area contributed by atoms with Gasteiger partial charge in [0.25, 0.3) is 0 Å². The Bertz CT molecular complexity index is 935. The van der Waals surface area contributed by atoms with Crippen molar-refractivity contribution >= 4 is 16.7 Å². The van der Waals surface area contributed by atoms with Crippen LogP contribution in [0.25, 0.3) is 11.0 Å². The van der Waals surface area contributed by atoms with Crippen molar-refractivity contribution in [3.05, 3.63) is 48.3 Å². The number of fused-ring (bicyclic) bond motifs is 4. The first-order chi connectivity index (χ1) is 13.8. The molecule has 0 radical (unpaired) electrons. The fourth-order valence-electron chi connectivity index (χ4n) is 5.60. The van der Waals surface area contributed by atoms with E-state index in [1.165, 1.54) is 61.3 Å². The van der Waals surface area contributed by atoms with Gasteiger partial charge in [-0.3, -0.25) is 4.90 Å². The third-order valence-electron chi connectivity index (χ3n) is 7.54. The van der Waals surface area contributed by atoms with Gasteiger partial charge in [-0.15, -0.1) is 0 Å². The average molecular weight is 375 g/mol. The molecule has 0 N–H and O–H groups in total. The van der Waals surface area contributed by atoms with Gasteiger partial charge >= 0.3 is 0 Å². The van der Waals surface area contributed by atoms with Crippen molar-refractivity contribution < 1.29 is 0 Å². The van der Waals surface area contributed by atoms with E-state index in [1.54, 1.807) is 0 Å². The molecule has 2 fully saturated rings. The van der Waals surface area contributed by atoms with Crippen molar-refractivity contribution in [2.45, 2.75) is 44.7 Å². The number of hydrogen-bond donors (Lipinski definition) is 0. The zero-order valence-electron chi connectivity index (χ0n) is 16.6. The molecule has 6 rings (SSSR count). The van der Waals surface area contributed by atoms with Crippen molar-refractivity contribution in [2.24, 2.45) is 11.8 Å². The van der Waals surface area contributed by atoms with E-state index in [-0.39, 0.29) is 0 Å². The molecule has 4 aliphatic rings. The highest BCUT2D eigenvalue weighted by Crippen LogP contribution is 2.33. The quantitative estimate of drug-likeness (QED) is 0.794. The molecule has 2 aliphatic heterocycles. The Morgan fingerprint density at radius 1 is 0.893 bits per heavy atom. The van der Waals surface area contributed by atoms with Crippen LogP contribution in [0.5, 0.6) is 0 Å². The molecule has 1 saturated carbocycles. The summed E-state index contributed by atoms with van der Waals surface area (Å²) in [5.74, 6) is 2.67. The first kappa shape index (κ1) is 16.8. The molecule has 1 aromatic carbocycles. The summed E-state index contributed by atoms with van der Waals surface area (Å²) in [5, 5.41) is 0. The summed E-state index contributed by atoms with van der Waals surface area (Å²) in [5.41, 5.74) is 3.86. The first-order valence-electron chi connectivity index (χ1n) is 11.2. The Kier molecular flexibility index (Phi) is 4.07. The highest BCUT2D eigenvalue weighted by molar-refractivity contribution is 5.80. The van der Waals surface area contributed by atoms with Crippen LogP contribution in [0.15, 0.2) is 42.5 Å². The number of benzene rings is 1. The van der Waals surface area contributed by atoms with Gasteiger partial charge in [0, 0.05) is 56.8 Å². The maximum absolute atomic E-state index is 5.07. The standard InChI is InChI=1S/C24H30N4/c1-2-5-19-17-27(12-10-18(19)4-1)21-8-9-23-22(16-21)25-24-11-13-26(14-15-28(23)24)20-6-3-7-20/h1-2,4-5,8-9,16,18-20H,3,6-7,10-15,17H2. The minimum atomic E-state index is 0.658. The van der Waals surface area contributed by atoms with E-state index in [0.717, 1.165) is 38.0 Å². The number of imidazole rings is 1. The van der Waals surface area contributed by atoms with Gasteiger partial charge in [0.2, 0.25) is 0 Å². The Morgan fingerprint density at radius 3 is 2.64 bits per heavy atom. The number of aromatic nitrogens is 2. The van der Waals surface area contributed by atoms with E-state index in [1.807, 2.05) is 0 Å². The van der Waals surface area contributed by atoms with E-state index >= 15 is 0 Å². The number of rotatable bonds is 2. The van der Waals surface area contributed by atoms with Gasteiger partial charge in [0.1, 0.15) is 5.82 Å². The molecular weight excluding hydrogens is 344 g/mol. The molecule has 1 saturated heterocycles. The van der Waals surface area contributed by atoms with Crippen LogP contribution >= 0.6 is 0 Å². The molecule has 0 bridgehead atoms. The number of anilines is 1. The van der Waals surface area contributed by atoms with Crippen LogP contribution < -0.4 is 4.90 Å².